The number of aliphatic hydroxyl groups excluding tert-OH is 1. The van der Waals surface area contributed by atoms with Crippen LogP contribution in [0.2, 0.25) is 0 Å². The third-order valence-electron chi connectivity index (χ3n) is 6.89. The summed E-state index contributed by atoms with van der Waals surface area (Å²) in [6.07, 6.45) is 0.151. The van der Waals surface area contributed by atoms with Gasteiger partial charge in [-0.1, -0.05) is 24.3 Å². The molecule has 1 aromatic heterocycles. The first-order valence-electron chi connectivity index (χ1n) is 12.7. The number of fused-ring (bicyclic) bond motifs is 1. The van der Waals surface area contributed by atoms with Crippen molar-refractivity contribution in [3.8, 4) is 28.5 Å². The van der Waals surface area contributed by atoms with E-state index in [-0.39, 0.29) is 44.2 Å². The minimum atomic E-state index is -1.45. The average Bonchev–Trinajstić information content (AvgIpc) is 3.24. The van der Waals surface area contributed by atoms with Crippen LogP contribution < -0.4 is 19.9 Å². The molecule has 0 saturated carbocycles. The van der Waals surface area contributed by atoms with E-state index in [9.17, 15) is 14.7 Å². The predicted octanol–water partition coefficient (Wildman–Crippen LogP) is 3.77. The number of aliphatic hydroxyl groups is 2. The van der Waals surface area contributed by atoms with Gasteiger partial charge in [-0.25, -0.2) is 4.98 Å². The molecule has 0 aliphatic carbocycles. The Hall–Kier alpha value is -3.79. The molecule has 0 fully saturated rings. The maximum absolute atomic E-state index is 13.0. The van der Waals surface area contributed by atoms with Gasteiger partial charge in [0.15, 0.2) is 28.8 Å². The van der Waals surface area contributed by atoms with Crippen LogP contribution in [-0.2, 0) is 11.1 Å². The molecule has 3 aromatic rings. The second kappa shape index (κ2) is 11.1. The van der Waals surface area contributed by atoms with E-state index in [0.29, 0.717) is 45.3 Å². The van der Waals surface area contributed by atoms with E-state index in [2.05, 4.69) is 0 Å². The highest BCUT2D eigenvalue weighted by Crippen LogP contribution is 2.44. The Labute approximate surface area is 227 Å². The van der Waals surface area contributed by atoms with Crippen LogP contribution in [0.15, 0.2) is 48.5 Å². The van der Waals surface area contributed by atoms with Crippen molar-refractivity contribution in [1.29, 1.82) is 0 Å². The molecule has 0 radical (unpaired) electrons. The van der Waals surface area contributed by atoms with Crippen molar-refractivity contribution < 1.29 is 34.0 Å². The van der Waals surface area contributed by atoms with E-state index < -0.39 is 11.1 Å². The molecule has 0 amide bonds. The third kappa shape index (κ3) is 5.95. The zero-order valence-electron chi connectivity index (χ0n) is 22.6. The first kappa shape index (κ1) is 28.2. The predicted molar refractivity (Wildman–Crippen MR) is 145 cm³/mol. The fourth-order valence-electron chi connectivity index (χ4n) is 4.48. The average molecular weight is 535 g/mol. The Balaban J connectivity index is 1.61. The van der Waals surface area contributed by atoms with Crippen molar-refractivity contribution in [3.63, 3.8) is 0 Å². The number of carbonyl (C=O) groups is 2. The van der Waals surface area contributed by atoms with Crippen molar-refractivity contribution in [3.05, 3.63) is 70.9 Å². The third-order valence-corrected chi connectivity index (χ3v) is 6.89. The summed E-state index contributed by atoms with van der Waals surface area (Å²) in [7, 11) is 1.47. The van der Waals surface area contributed by atoms with Gasteiger partial charge in [-0.2, -0.15) is 0 Å². The van der Waals surface area contributed by atoms with Gasteiger partial charge in [-0.05, 0) is 51.5 Å². The number of nitrogens with two attached hydrogens (primary N) is 1. The summed E-state index contributed by atoms with van der Waals surface area (Å²) in [6.45, 7) is 5.19. The smallest absolute Gasteiger partial charge is 0.163 e. The van der Waals surface area contributed by atoms with Crippen molar-refractivity contribution in [2.24, 2.45) is 5.73 Å². The quantitative estimate of drug-likeness (QED) is 0.314. The maximum Gasteiger partial charge on any atom is 0.163 e. The van der Waals surface area contributed by atoms with Crippen LogP contribution in [0.4, 0.5) is 0 Å². The summed E-state index contributed by atoms with van der Waals surface area (Å²) >= 11 is 0. The molecular formula is C30H34N2O7. The molecule has 4 N–H and O–H groups in total. The lowest BCUT2D eigenvalue weighted by Crippen LogP contribution is -2.35. The van der Waals surface area contributed by atoms with Crippen LogP contribution in [0.3, 0.4) is 0 Å². The lowest BCUT2D eigenvalue weighted by Gasteiger charge is -2.25. The molecule has 9 nitrogen and oxygen atoms in total. The largest absolute Gasteiger partial charge is 0.493 e. The summed E-state index contributed by atoms with van der Waals surface area (Å²) < 4.78 is 16.7. The minimum absolute atomic E-state index is 0.0446. The Morgan fingerprint density at radius 2 is 1.82 bits per heavy atom. The number of nitrogens with zero attached hydrogens (tertiary/aromatic N) is 1. The summed E-state index contributed by atoms with van der Waals surface area (Å²) in [5.41, 5.74) is 7.58. The Bertz CT molecular complexity index is 1380. The Morgan fingerprint density at radius 1 is 1.13 bits per heavy atom. The van der Waals surface area contributed by atoms with Gasteiger partial charge in [-0.3, -0.25) is 9.59 Å². The monoisotopic (exact) mass is 534 g/mol. The van der Waals surface area contributed by atoms with E-state index in [0.717, 1.165) is 5.56 Å². The van der Waals surface area contributed by atoms with Crippen LogP contribution in [0.5, 0.6) is 17.2 Å². The zero-order valence-corrected chi connectivity index (χ0v) is 22.6. The van der Waals surface area contributed by atoms with Gasteiger partial charge >= 0.3 is 0 Å². The van der Waals surface area contributed by atoms with Gasteiger partial charge < -0.3 is 30.2 Å². The number of pyridine rings is 1. The van der Waals surface area contributed by atoms with Crippen LogP contribution in [0.1, 0.15) is 65.6 Å². The van der Waals surface area contributed by atoms with Crippen LogP contribution >= 0.6 is 0 Å². The minimum Gasteiger partial charge on any atom is -0.493 e. The number of aromatic nitrogens is 1. The van der Waals surface area contributed by atoms with E-state index in [1.807, 2.05) is 6.92 Å². The lowest BCUT2D eigenvalue weighted by molar-refractivity contribution is 0.0396. The highest BCUT2D eigenvalue weighted by Gasteiger charge is 2.38. The number of Topliss-reactive ketones (excluding diaryl/α,β-unsaturated/α-hetero) is 2. The molecule has 2 atom stereocenters. The number of rotatable bonds is 11. The van der Waals surface area contributed by atoms with Gasteiger partial charge in [0.1, 0.15) is 24.5 Å². The van der Waals surface area contributed by atoms with Gasteiger partial charge in [0.05, 0.1) is 24.9 Å². The van der Waals surface area contributed by atoms with E-state index in [4.69, 9.17) is 30.0 Å². The maximum atomic E-state index is 13.0. The second-order valence-electron chi connectivity index (χ2n) is 10.2. The number of hydrogen-bond acceptors (Lipinski definition) is 9. The summed E-state index contributed by atoms with van der Waals surface area (Å²) in [5, 5.41) is 20.5. The molecule has 206 valence electrons. The summed E-state index contributed by atoms with van der Waals surface area (Å²) in [6, 6.07) is 13.6. The fourth-order valence-corrected chi connectivity index (χ4v) is 4.48. The molecule has 4 rings (SSSR count). The molecule has 0 bridgehead atoms. The highest BCUT2D eigenvalue weighted by molar-refractivity contribution is 5.96. The highest BCUT2D eigenvalue weighted by atomic mass is 16.5. The number of ketones is 2. The van der Waals surface area contributed by atoms with E-state index in [1.54, 1.807) is 55.5 Å². The number of hydrogen-bond donors (Lipinski definition) is 3. The molecule has 39 heavy (non-hydrogen) atoms. The van der Waals surface area contributed by atoms with Gasteiger partial charge in [0.25, 0.3) is 0 Å². The number of carbonyl (C=O) groups excluding carboxylic acids is 2. The molecule has 1 aliphatic rings. The van der Waals surface area contributed by atoms with Crippen molar-refractivity contribution in [1.82, 2.24) is 4.98 Å². The van der Waals surface area contributed by atoms with Crippen molar-refractivity contribution in [2.75, 3.05) is 26.9 Å². The SMILES string of the molecule is COc1cc(C(=O)CCC(C)(O)c2cc3c(c(-c4ccc(C(C)=O)cc4)n2)OCC3(C)N)ccc1OCCO. The molecular weight excluding hydrogens is 500 g/mol. The lowest BCUT2D eigenvalue weighted by atomic mass is 9.88. The number of ether oxygens (including phenoxy) is 3. The molecule has 9 heteroatoms. The van der Waals surface area contributed by atoms with Crippen LogP contribution in [0, 0.1) is 0 Å². The molecule has 2 aromatic carbocycles. The first-order valence-corrected chi connectivity index (χ1v) is 12.7. The van der Waals surface area contributed by atoms with Crippen LogP contribution in [0.25, 0.3) is 11.3 Å². The molecule has 0 spiro atoms. The van der Waals surface area contributed by atoms with Gasteiger partial charge in [0.2, 0.25) is 0 Å². The van der Waals surface area contributed by atoms with Gasteiger partial charge in [-0.15, -0.1) is 0 Å². The second-order valence-corrected chi connectivity index (χ2v) is 10.2. The molecule has 0 saturated heterocycles. The molecule has 2 unspecified atom stereocenters. The topological polar surface area (TPSA) is 141 Å². The summed E-state index contributed by atoms with van der Waals surface area (Å²) in [5.74, 6) is 1.12. The van der Waals surface area contributed by atoms with Crippen LogP contribution in [-0.4, -0.2) is 53.7 Å². The van der Waals surface area contributed by atoms with E-state index in [1.165, 1.54) is 14.0 Å². The fraction of sp³-hybridized carbons (Fsp3) is 0.367. The van der Waals surface area contributed by atoms with Crippen molar-refractivity contribution >= 4 is 11.6 Å². The normalized spacial score (nSPS) is 17.6. The standard InChI is InChI=1S/C30H34N2O7/c1-18(34)19-5-7-20(8-6-19)27-28-22(29(2,31)17-39-28)16-26(32-27)30(3,36)12-11-23(35)21-9-10-24(38-14-13-33)25(15-21)37-4/h5-10,15-16,33,36H,11-14,17,31H2,1-4H3. The number of methoxy groups -OCH3 is 1. The Morgan fingerprint density at radius 3 is 2.46 bits per heavy atom. The molecule has 1 aliphatic heterocycles. The zero-order chi connectivity index (χ0) is 28.4. The first-order chi connectivity index (χ1) is 18.5. The van der Waals surface area contributed by atoms with E-state index >= 15 is 0 Å². The van der Waals surface area contributed by atoms with Crippen molar-refractivity contribution in [2.45, 2.75) is 44.8 Å². The number of benzene rings is 2. The van der Waals surface area contributed by atoms with Gasteiger partial charge in [0, 0.05) is 28.7 Å². The molecule has 2 heterocycles. The Kier molecular flexibility index (Phi) is 8.06. The summed E-state index contributed by atoms with van der Waals surface area (Å²) in [4.78, 5) is 29.5.